The van der Waals surface area contributed by atoms with Crippen molar-refractivity contribution < 1.29 is 24.2 Å². The quantitative estimate of drug-likeness (QED) is 0.716. The van der Waals surface area contributed by atoms with Crippen molar-refractivity contribution in [3.8, 4) is 5.75 Å². The van der Waals surface area contributed by atoms with Gasteiger partial charge in [0, 0.05) is 12.7 Å². The van der Waals surface area contributed by atoms with Crippen LogP contribution in [0.2, 0.25) is 0 Å². The number of carbonyl (C=O) groups excluding carboxylic acids is 1. The first-order valence-electron chi connectivity index (χ1n) is 6.84. The normalized spacial score (nSPS) is 11.4. The summed E-state index contributed by atoms with van der Waals surface area (Å²) in [5.41, 5.74) is 1.54. The third kappa shape index (κ3) is 5.97. The van der Waals surface area contributed by atoms with E-state index >= 15 is 0 Å². The summed E-state index contributed by atoms with van der Waals surface area (Å²) in [6, 6.07) is 6.70. The number of hydrogen-bond donors (Lipinski definition) is 2. The van der Waals surface area contributed by atoms with Gasteiger partial charge in [-0.2, -0.15) is 0 Å². The van der Waals surface area contributed by atoms with Gasteiger partial charge >= 0.3 is 5.97 Å². The minimum absolute atomic E-state index is 0.104. The van der Waals surface area contributed by atoms with E-state index in [1.807, 2.05) is 19.9 Å². The molecule has 0 fully saturated rings. The molecule has 0 aliphatic heterocycles. The minimum Gasteiger partial charge on any atom is -0.490 e. The zero-order valence-electron chi connectivity index (χ0n) is 13.0. The summed E-state index contributed by atoms with van der Waals surface area (Å²) in [5.74, 6) is -0.927. The Morgan fingerprint density at radius 2 is 2.09 bits per heavy atom. The van der Waals surface area contributed by atoms with Gasteiger partial charge in [-0.3, -0.25) is 4.79 Å². The molecule has 0 aromatic heterocycles. The fourth-order valence-corrected chi connectivity index (χ4v) is 1.59. The highest BCUT2D eigenvalue weighted by molar-refractivity contribution is 5.94. The first-order valence-corrected chi connectivity index (χ1v) is 6.84. The van der Waals surface area contributed by atoms with Crippen molar-refractivity contribution in [3.63, 3.8) is 0 Å². The Hall–Kier alpha value is -2.34. The first kappa shape index (κ1) is 17.7. The molecule has 22 heavy (non-hydrogen) atoms. The van der Waals surface area contributed by atoms with Crippen LogP contribution in [0.5, 0.6) is 5.75 Å². The predicted molar refractivity (Wildman–Crippen MR) is 82.1 cm³/mol. The van der Waals surface area contributed by atoms with E-state index < -0.39 is 12.1 Å². The van der Waals surface area contributed by atoms with Crippen molar-refractivity contribution in [2.45, 2.75) is 20.0 Å². The molecule has 0 spiro atoms. The fraction of sp³-hybridized carbons (Fsp3) is 0.375. The molecule has 0 saturated heterocycles. The molecule has 0 saturated carbocycles. The highest BCUT2D eigenvalue weighted by Crippen LogP contribution is 2.13. The lowest BCUT2D eigenvalue weighted by Gasteiger charge is -2.12. The SMILES string of the molecule is COC(CNC(=O)c1cccc(OCC=C(C)C)c1)C(=O)O. The molecule has 0 heterocycles. The number of nitrogens with one attached hydrogen (secondary N) is 1. The van der Waals surface area contributed by atoms with E-state index in [1.165, 1.54) is 7.11 Å². The smallest absolute Gasteiger partial charge is 0.334 e. The predicted octanol–water partition coefficient (Wildman–Crippen LogP) is 1.86. The molecule has 0 aliphatic carbocycles. The van der Waals surface area contributed by atoms with Crippen LogP contribution in [0, 0.1) is 0 Å². The van der Waals surface area contributed by atoms with Crippen LogP contribution in [0.4, 0.5) is 0 Å². The molecule has 120 valence electrons. The summed E-state index contributed by atoms with van der Waals surface area (Å²) in [6.07, 6.45) is 0.865. The summed E-state index contributed by atoms with van der Waals surface area (Å²) in [7, 11) is 1.28. The van der Waals surface area contributed by atoms with Gasteiger partial charge in [0.2, 0.25) is 0 Å². The van der Waals surface area contributed by atoms with E-state index in [4.69, 9.17) is 14.6 Å². The van der Waals surface area contributed by atoms with Crippen molar-refractivity contribution >= 4 is 11.9 Å². The van der Waals surface area contributed by atoms with Crippen molar-refractivity contribution in [1.29, 1.82) is 0 Å². The Bertz CT molecular complexity index is 549. The molecule has 1 aromatic rings. The van der Waals surface area contributed by atoms with E-state index in [0.29, 0.717) is 17.9 Å². The number of ether oxygens (including phenoxy) is 2. The van der Waals surface area contributed by atoms with Gasteiger partial charge < -0.3 is 19.9 Å². The van der Waals surface area contributed by atoms with Gasteiger partial charge in [-0.25, -0.2) is 4.79 Å². The number of benzene rings is 1. The highest BCUT2D eigenvalue weighted by Gasteiger charge is 2.17. The number of carbonyl (C=O) groups is 2. The fourth-order valence-electron chi connectivity index (χ4n) is 1.59. The molecular weight excluding hydrogens is 286 g/mol. The van der Waals surface area contributed by atoms with Gasteiger partial charge in [0.05, 0.1) is 6.54 Å². The van der Waals surface area contributed by atoms with Gasteiger partial charge in [-0.05, 0) is 38.1 Å². The number of carboxylic acids is 1. The van der Waals surface area contributed by atoms with Crippen LogP contribution in [0.1, 0.15) is 24.2 Å². The third-order valence-corrected chi connectivity index (χ3v) is 2.85. The topological polar surface area (TPSA) is 84.9 Å². The lowest BCUT2D eigenvalue weighted by atomic mass is 10.2. The molecular formula is C16H21NO5. The number of amides is 1. The summed E-state index contributed by atoms with van der Waals surface area (Å²) >= 11 is 0. The molecule has 0 aliphatic rings. The van der Waals surface area contributed by atoms with Crippen LogP contribution >= 0.6 is 0 Å². The molecule has 2 N–H and O–H groups in total. The van der Waals surface area contributed by atoms with E-state index in [-0.39, 0.29) is 12.5 Å². The van der Waals surface area contributed by atoms with Gasteiger partial charge in [-0.1, -0.05) is 11.6 Å². The molecule has 0 bridgehead atoms. The maximum atomic E-state index is 12.0. The van der Waals surface area contributed by atoms with Crippen molar-refractivity contribution in [2.75, 3.05) is 20.3 Å². The minimum atomic E-state index is -1.12. The first-order chi connectivity index (χ1) is 10.4. The molecule has 1 aromatic carbocycles. The molecule has 1 amide bonds. The summed E-state index contributed by atoms with van der Waals surface area (Å²) < 4.78 is 10.3. The number of rotatable bonds is 8. The molecule has 6 heteroatoms. The van der Waals surface area contributed by atoms with Crippen LogP contribution < -0.4 is 10.1 Å². The molecule has 1 rings (SSSR count). The number of aliphatic carboxylic acids is 1. The van der Waals surface area contributed by atoms with Gasteiger partial charge in [0.15, 0.2) is 6.10 Å². The van der Waals surface area contributed by atoms with Crippen molar-refractivity contribution in [3.05, 3.63) is 41.5 Å². The number of allylic oxidation sites excluding steroid dienone is 1. The maximum absolute atomic E-state index is 12.0. The zero-order valence-corrected chi connectivity index (χ0v) is 13.0. The lowest BCUT2D eigenvalue weighted by molar-refractivity contribution is -0.148. The van der Waals surface area contributed by atoms with Crippen LogP contribution in [0.3, 0.4) is 0 Å². The molecule has 1 atom stereocenters. The second-order valence-corrected chi connectivity index (χ2v) is 4.89. The zero-order chi connectivity index (χ0) is 16.5. The van der Waals surface area contributed by atoms with Gasteiger partial charge in [0.1, 0.15) is 12.4 Å². The second-order valence-electron chi connectivity index (χ2n) is 4.89. The molecule has 1 unspecified atom stereocenters. The molecule has 0 radical (unpaired) electrons. The Labute approximate surface area is 129 Å². The van der Waals surface area contributed by atoms with Crippen LogP contribution in [-0.4, -0.2) is 43.3 Å². The van der Waals surface area contributed by atoms with Crippen LogP contribution in [0.15, 0.2) is 35.9 Å². The summed E-state index contributed by atoms with van der Waals surface area (Å²) in [4.78, 5) is 22.8. The van der Waals surface area contributed by atoms with Gasteiger partial charge in [0.25, 0.3) is 5.91 Å². The standard InChI is InChI=1S/C16H21NO5/c1-11(2)7-8-22-13-6-4-5-12(9-13)15(18)17-10-14(21-3)16(19)20/h4-7,9,14H,8,10H2,1-3H3,(H,17,18)(H,19,20). The van der Waals surface area contributed by atoms with E-state index in [2.05, 4.69) is 5.32 Å². The number of carboxylic acid groups (broad SMARTS) is 1. The largest absolute Gasteiger partial charge is 0.490 e. The second kappa shape index (κ2) is 8.84. The van der Waals surface area contributed by atoms with E-state index in [9.17, 15) is 9.59 Å². The molecule has 6 nitrogen and oxygen atoms in total. The lowest BCUT2D eigenvalue weighted by Crippen LogP contribution is -2.37. The summed E-state index contributed by atoms with van der Waals surface area (Å²) in [6.45, 7) is 4.27. The van der Waals surface area contributed by atoms with Gasteiger partial charge in [-0.15, -0.1) is 0 Å². The van der Waals surface area contributed by atoms with Crippen molar-refractivity contribution in [2.24, 2.45) is 0 Å². The third-order valence-electron chi connectivity index (χ3n) is 2.85. The number of methoxy groups -OCH3 is 1. The summed E-state index contributed by atoms with van der Waals surface area (Å²) in [5, 5.41) is 11.4. The maximum Gasteiger partial charge on any atom is 0.334 e. The Kier molecular flexibility index (Phi) is 7.12. The van der Waals surface area contributed by atoms with Crippen molar-refractivity contribution in [1.82, 2.24) is 5.32 Å². The van der Waals surface area contributed by atoms with Crippen LogP contribution in [-0.2, 0) is 9.53 Å². The van der Waals surface area contributed by atoms with E-state index in [1.54, 1.807) is 24.3 Å². The average Bonchev–Trinajstić information content (AvgIpc) is 2.47. The Morgan fingerprint density at radius 3 is 2.68 bits per heavy atom. The monoisotopic (exact) mass is 307 g/mol. The Balaban J connectivity index is 2.62. The van der Waals surface area contributed by atoms with Crippen LogP contribution in [0.25, 0.3) is 0 Å². The van der Waals surface area contributed by atoms with E-state index in [0.717, 1.165) is 5.57 Å². The number of hydrogen-bond acceptors (Lipinski definition) is 4. The highest BCUT2D eigenvalue weighted by atomic mass is 16.5. The average molecular weight is 307 g/mol. The Morgan fingerprint density at radius 1 is 1.36 bits per heavy atom.